The molecular weight excluding hydrogens is 515 g/mol. The summed E-state index contributed by atoms with van der Waals surface area (Å²) in [5, 5.41) is 18.8. The molecule has 0 aliphatic carbocycles. The second-order valence-corrected chi connectivity index (χ2v) is 8.86. The molecule has 0 spiro atoms. The lowest BCUT2D eigenvalue weighted by atomic mass is 10.1. The second-order valence-electron chi connectivity index (χ2n) is 8.08. The molecule has 3 aromatic heterocycles. The zero-order valence-electron chi connectivity index (χ0n) is 19.5. The largest absolute Gasteiger partial charge is 0.478 e. The first-order chi connectivity index (χ1) is 18.0. The molecule has 0 bridgehead atoms. The lowest BCUT2D eigenvalue weighted by Gasteiger charge is -2.11. The van der Waals surface area contributed by atoms with Crippen molar-refractivity contribution in [3.8, 4) is 11.5 Å². The summed E-state index contributed by atoms with van der Waals surface area (Å²) in [5.41, 5.74) is 3.37. The number of ether oxygens (including phenoxy) is 1. The van der Waals surface area contributed by atoms with Gasteiger partial charge >= 0.3 is 5.97 Å². The molecule has 0 radical (unpaired) electrons. The van der Waals surface area contributed by atoms with Crippen LogP contribution in [0.3, 0.4) is 0 Å². The summed E-state index contributed by atoms with van der Waals surface area (Å²) >= 11 is 12.8. The van der Waals surface area contributed by atoms with Gasteiger partial charge in [0.2, 0.25) is 0 Å². The Morgan fingerprint density at radius 2 is 1.89 bits per heavy atom. The summed E-state index contributed by atoms with van der Waals surface area (Å²) in [6, 6.07) is 14.2. The number of halogens is 2. The van der Waals surface area contributed by atoms with Crippen molar-refractivity contribution in [1.29, 1.82) is 0 Å². The molecule has 0 saturated heterocycles. The van der Waals surface area contributed by atoms with Crippen LogP contribution in [0.5, 0.6) is 0 Å². The van der Waals surface area contributed by atoms with Crippen LogP contribution in [0.25, 0.3) is 22.4 Å². The number of fused-ring (bicyclic) bond motifs is 1. The molecule has 0 aliphatic rings. The molecule has 37 heavy (non-hydrogen) atoms. The van der Waals surface area contributed by atoms with Crippen LogP contribution in [0.2, 0.25) is 10.0 Å². The summed E-state index contributed by atoms with van der Waals surface area (Å²) in [6.45, 7) is 0.475. The topological polar surface area (TPSA) is 115 Å². The SMILES string of the molecule is COCc1cnc(-c2nn(Cc3c(Cl)ccc(C(=O)O)c3Cl)c3ccccc23)nc1Nc1ccncc1. The van der Waals surface area contributed by atoms with E-state index < -0.39 is 5.97 Å². The molecule has 0 fully saturated rings. The number of nitrogens with zero attached hydrogens (tertiary/aromatic N) is 5. The van der Waals surface area contributed by atoms with Gasteiger partial charge in [0.25, 0.3) is 0 Å². The number of benzene rings is 2. The Kier molecular flexibility index (Phi) is 7.00. The van der Waals surface area contributed by atoms with E-state index in [4.69, 9.17) is 38.0 Å². The van der Waals surface area contributed by atoms with Crippen molar-refractivity contribution < 1.29 is 14.6 Å². The van der Waals surface area contributed by atoms with Crippen LogP contribution in [0, 0.1) is 0 Å². The molecule has 186 valence electrons. The highest BCUT2D eigenvalue weighted by Crippen LogP contribution is 2.32. The quantitative estimate of drug-likeness (QED) is 0.255. The number of aromatic nitrogens is 5. The molecule has 9 nitrogen and oxygen atoms in total. The minimum Gasteiger partial charge on any atom is -0.478 e. The van der Waals surface area contributed by atoms with Gasteiger partial charge in [-0.15, -0.1) is 0 Å². The normalized spacial score (nSPS) is 11.1. The average Bonchev–Trinajstić information content (AvgIpc) is 3.26. The summed E-state index contributed by atoms with van der Waals surface area (Å²) in [5.74, 6) is -0.146. The van der Waals surface area contributed by atoms with E-state index in [1.807, 2.05) is 36.4 Å². The molecule has 0 unspecified atom stereocenters. The van der Waals surface area contributed by atoms with Gasteiger partial charge in [-0.3, -0.25) is 9.67 Å². The lowest BCUT2D eigenvalue weighted by molar-refractivity contribution is 0.0697. The molecule has 5 aromatic rings. The Balaban J connectivity index is 1.60. The van der Waals surface area contributed by atoms with Crippen LogP contribution in [0.15, 0.2) is 67.1 Å². The summed E-state index contributed by atoms with van der Waals surface area (Å²) in [7, 11) is 1.61. The van der Waals surface area contributed by atoms with Gasteiger partial charge in [0.1, 0.15) is 11.5 Å². The molecule has 0 saturated carbocycles. The van der Waals surface area contributed by atoms with Gasteiger partial charge in [-0.1, -0.05) is 41.4 Å². The van der Waals surface area contributed by atoms with Crippen molar-refractivity contribution in [2.75, 3.05) is 12.4 Å². The molecule has 0 amide bonds. The number of para-hydroxylation sites is 1. The molecule has 5 rings (SSSR count). The highest BCUT2D eigenvalue weighted by atomic mass is 35.5. The second kappa shape index (κ2) is 10.5. The van der Waals surface area contributed by atoms with Crippen LogP contribution < -0.4 is 5.32 Å². The standard InChI is InChI=1S/C26H20Cl2N6O3/c1-37-14-15-12-30-25(32-24(15)31-16-8-10-29-11-9-16)23-17-4-2-3-5-21(17)34(33-23)13-19-20(27)7-6-18(22(19)28)26(35)36/h2-12H,13-14H2,1H3,(H,35,36)(H,29,30,31,32). The smallest absolute Gasteiger partial charge is 0.337 e. The fourth-order valence-corrected chi connectivity index (χ4v) is 4.50. The van der Waals surface area contributed by atoms with Crippen LogP contribution in [0.4, 0.5) is 11.5 Å². The Hall–Kier alpha value is -4.05. The van der Waals surface area contributed by atoms with Crippen molar-refractivity contribution in [2.45, 2.75) is 13.2 Å². The van der Waals surface area contributed by atoms with Gasteiger partial charge in [-0.25, -0.2) is 14.8 Å². The van der Waals surface area contributed by atoms with E-state index in [2.05, 4.69) is 15.3 Å². The van der Waals surface area contributed by atoms with E-state index >= 15 is 0 Å². The zero-order valence-corrected chi connectivity index (χ0v) is 21.0. The lowest BCUT2D eigenvalue weighted by Crippen LogP contribution is -2.07. The molecular formula is C26H20Cl2N6O3. The summed E-state index contributed by atoms with van der Waals surface area (Å²) in [4.78, 5) is 25.0. The van der Waals surface area contributed by atoms with E-state index in [1.54, 1.807) is 30.4 Å². The summed E-state index contributed by atoms with van der Waals surface area (Å²) in [6.07, 6.45) is 5.07. The maximum atomic E-state index is 11.6. The van der Waals surface area contributed by atoms with Crippen molar-refractivity contribution in [3.05, 3.63) is 93.9 Å². The van der Waals surface area contributed by atoms with Crippen molar-refractivity contribution >= 4 is 51.6 Å². The maximum absolute atomic E-state index is 11.6. The Morgan fingerprint density at radius 3 is 2.65 bits per heavy atom. The number of carboxylic acids is 1. The summed E-state index contributed by atoms with van der Waals surface area (Å²) < 4.78 is 7.04. The molecule has 0 aliphatic heterocycles. The number of hydrogen-bond donors (Lipinski definition) is 2. The number of hydrogen-bond acceptors (Lipinski definition) is 7. The monoisotopic (exact) mass is 534 g/mol. The number of pyridine rings is 1. The third-order valence-electron chi connectivity index (χ3n) is 5.70. The minimum atomic E-state index is -1.13. The molecule has 0 atom stereocenters. The van der Waals surface area contributed by atoms with Crippen LogP contribution >= 0.6 is 23.2 Å². The van der Waals surface area contributed by atoms with E-state index in [0.717, 1.165) is 22.2 Å². The van der Waals surface area contributed by atoms with Gasteiger partial charge in [-0.05, 0) is 30.3 Å². The number of aromatic carboxylic acids is 1. The first kappa shape index (κ1) is 24.6. The fraction of sp³-hybridized carbons (Fsp3) is 0.115. The van der Waals surface area contributed by atoms with Gasteiger partial charge in [0, 0.05) is 52.9 Å². The highest BCUT2D eigenvalue weighted by molar-refractivity contribution is 6.37. The number of nitrogens with one attached hydrogen (secondary N) is 1. The van der Waals surface area contributed by atoms with Crippen LogP contribution in [0.1, 0.15) is 21.5 Å². The van der Waals surface area contributed by atoms with Gasteiger partial charge in [-0.2, -0.15) is 5.10 Å². The van der Waals surface area contributed by atoms with Gasteiger partial charge in [0.15, 0.2) is 5.82 Å². The van der Waals surface area contributed by atoms with E-state index in [-0.39, 0.29) is 17.1 Å². The van der Waals surface area contributed by atoms with E-state index in [0.29, 0.717) is 34.5 Å². The minimum absolute atomic E-state index is 0.0263. The first-order valence-corrected chi connectivity index (χ1v) is 11.9. The highest BCUT2D eigenvalue weighted by Gasteiger charge is 2.20. The zero-order chi connectivity index (χ0) is 25.9. The van der Waals surface area contributed by atoms with E-state index in [1.165, 1.54) is 12.1 Å². The number of rotatable bonds is 8. The van der Waals surface area contributed by atoms with Crippen molar-refractivity contribution in [2.24, 2.45) is 0 Å². The predicted molar refractivity (Wildman–Crippen MR) is 142 cm³/mol. The number of carboxylic acid groups (broad SMARTS) is 1. The third-order valence-corrected chi connectivity index (χ3v) is 6.49. The maximum Gasteiger partial charge on any atom is 0.337 e. The Bertz CT molecular complexity index is 1610. The van der Waals surface area contributed by atoms with Gasteiger partial charge < -0.3 is 15.2 Å². The van der Waals surface area contributed by atoms with E-state index in [9.17, 15) is 9.90 Å². The fourth-order valence-electron chi connectivity index (χ4n) is 3.93. The van der Waals surface area contributed by atoms with Gasteiger partial charge in [0.05, 0.1) is 29.3 Å². The first-order valence-electron chi connectivity index (χ1n) is 11.1. The molecule has 3 heterocycles. The Labute approximate surface area is 221 Å². The molecule has 2 N–H and O–H groups in total. The van der Waals surface area contributed by atoms with Crippen LogP contribution in [-0.4, -0.2) is 42.9 Å². The number of carbonyl (C=O) groups is 1. The predicted octanol–water partition coefficient (Wildman–Crippen LogP) is 5.83. The molecule has 2 aromatic carbocycles. The van der Waals surface area contributed by atoms with Crippen molar-refractivity contribution in [3.63, 3.8) is 0 Å². The average molecular weight is 535 g/mol. The number of methoxy groups -OCH3 is 1. The number of anilines is 2. The van der Waals surface area contributed by atoms with Crippen molar-refractivity contribution in [1.82, 2.24) is 24.7 Å². The third kappa shape index (κ3) is 4.97. The van der Waals surface area contributed by atoms with Crippen LogP contribution in [-0.2, 0) is 17.9 Å². The molecule has 11 heteroatoms. The Morgan fingerprint density at radius 1 is 1.11 bits per heavy atom.